The first-order chi connectivity index (χ1) is 16.5. The third-order valence-corrected chi connectivity index (χ3v) is 7.85. The fourth-order valence-corrected chi connectivity index (χ4v) is 6.27. The van der Waals surface area contributed by atoms with Crippen LogP contribution in [0.25, 0.3) is 0 Å². The number of fused-ring (bicyclic) bond motifs is 4. The van der Waals surface area contributed by atoms with Crippen LogP contribution in [-0.4, -0.2) is 47.4 Å². The number of hydrogen-bond donors (Lipinski definition) is 1. The van der Waals surface area contributed by atoms with E-state index in [1.165, 1.54) is 22.3 Å². The Hall–Kier alpha value is -2.82. The van der Waals surface area contributed by atoms with Gasteiger partial charge >= 0.3 is 6.03 Å². The van der Waals surface area contributed by atoms with Gasteiger partial charge < -0.3 is 15.1 Å². The summed E-state index contributed by atoms with van der Waals surface area (Å²) in [6, 6.07) is 17.2. The van der Waals surface area contributed by atoms with Crippen LogP contribution in [0.3, 0.4) is 0 Å². The molecule has 0 aromatic heterocycles. The lowest BCUT2D eigenvalue weighted by Crippen LogP contribution is -2.61. The van der Waals surface area contributed by atoms with E-state index in [0.717, 1.165) is 51.6 Å². The number of piperidine rings is 2. The summed E-state index contributed by atoms with van der Waals surface area (Å²) >= 11 is 0. The number of nitrogens with zero attached hydrogens (tertiary/aromatic N) is 2. The van der Waals surface area contributed by atoms with Crippen LogP contribution < -0.4 is 5.32 Å². The van der Waals surface area contributed by atoms with Crippen molar-refractivity contribution in [3.8, 4) is 0 Å². The smallest absolute Gasteiger partial charge is 0.317 e. The van der Waals surface area contributed by atoms with E-state index in [2.05, 4.69) is 54.4 Å². The number of rotatable bonds is 5. The zero-order valence-corrected chi connectivity index (χ0v) is 20.5. The molecule has 3 amide bonds. The molecule has 0 bridgehead atoms. The molecule has 3 heterocycles. The molecular weight excluding hydrogens is 422 g/mol. The molecule has 0 unspecified atom stereocenters. The van der Waals surface area contributed by atoms with Gasteiger partial charge in [0.2, 0.25) is 5.91 Å². The normalized spacial score (nSPS) is 23.9. The molecule has 180 valence electrons. The van der Waals surface area contributed by atoms with Crippen molar-refractivity contribution in [3.05, 3.63) is 70.8 Å². The molecule has 2 fully saturated rings. The molecule has 2 saturated heterocycles. The Bertz CT molecular complexity index is 1030. The molecule has 0 aliphatic carbocycles. The van der Waals surface area contributed by atoms with Crippen LogP contribution in [0.15, 0.2) is 48.5 Å². The Balaban J connectivity index is 1.31. The predicted octanol–water partition coefficient (Wildman–Crippen LogP) is 4.75. The monoisotopic (exact) mass is 459 g/mol. The highest BCUT2D eigenvalue weighted by molar-refractivity contribution is 5.83. The van der Waals surface area contributed by atoms with Gasteiger partial charge in [0.15, 0.2) is 0 Å². The highest BCUT2D eigenvalue weighted by atomic mass is 16.2. The lowest BCUT2D eigenvalue weighted by molar-refractivity contribution is -0.148. The summed E-state index contributed by atoms with van der Waals surface area (Å²) in [5, 5.41) is 3.13. The fourth-order valence-electron chi connectivity index (χ4n) is 6.27. The summed E-state index contributed by atoms with van der Waals surface area (Å²) in [5.74, 6) is 0.818. The van der Waals surface area contributed by atoms with Gasteiger partial charge in [-0.1, -0.05) is 62.4 Å². The van der Waals surface area contributed by atoms with Crippen molar-refractivity contribution >= 4 is 11.9 Å². The third-order valence-electron chi connectivity index (χ3n) is 7.85. The van der Waals surface area contributed by atoms with Crippen LogP contribution in [-0.2, 0) is 24.1 Å². The van der Waals surface area contributed by atoms with Gasteiger partial charge in [0.1, 0.15) is 0 Å². The molecule has 2 aromatic rings. The molecule has 1 N–H and O–H groups in total. The van der Waals surface area contributed by atoms with Gasteiger partial charge in [-0.2, -0.15) is 0 Å². The number of carbonyl (C=O) groups is 2. The van der Waals surface area contributed by atoms with Crippen molar-refractivity contribution in [1.82, 2.24) is 15.1 Å². The summed E-state index contributed by atoms with van der Waals surface area (Å²) < 4.78 is 0. The summed E-state index contributed by atoms with van der Waals surface area (Å²) in [6.45, 7) is 6.65. The number of hydrogen-bond acceptors (Lipinski definition) is 2. The summed E-state index contributed by atoms with van der Waals surface area (Å²) in [5.41, 5.74) is 5.29. The maximum Gasteiger partial charge on any atom is 0.317 e. The minimum atomic E-state index is -0.0633. The van der Waals surface area contributed by atoms with Crippen molar-refractivity contribution < 1.29 is 9.59 Å². The van der Waals surface area contributed by atoms with E-state index in [1.54, 1.807) is 0 Å². The zero-order chi connectivity index (χ0) is 23.7. The number of amides is 3. The van der Waals surface area contributed by atoms with Crippen LogP contribution >= 0.6 is 0 Å². The van der Waals surface area contributed by atoms with E-state index >= 15 is 0 Å². The molecule has 2 aromatic carbocycles. The van der Waals surface area contributed by atoms with Crippen molar-refractivity contribution in [3.63, 3.8) is 0 Å². The second-order valence-corrected chi connectivity index (χ2v) is 10.6. The van der Waals surface area contributed by atoms with E-state index < -0.39 is 0 Å². The largest absolute Gasteiger partial charge is 0.338 e. The minimum absolute atomic E-state index is 0.0134. The standard InChI is InChI=1S/C29H37N3O2/c1-20(2)17-22-10-11-24-23(18-22)13-16-31-26(24)19-27-25(28(31)33)9-6-15-32(27)29(34)30-14-12-21-7-4-3-5-8-21/h3-5,7-8,10-11,18,20,25-27H,6,9,12-17,19H2,1-2H3,(H,30,34)/t25-,26-,27-/m0/s1. The molecule has 3 aliphatic rings. The molecule has 3 aliphatic heterocycles. The molecule has 3 atom stereocenters. The van der Waals surface area contributed by atoms with Crippen molar-refractivity contribution in [2.45, 2.75) is 64.5 Å². The molecule has 5 rings (SSSR count). The Kier molecular flexibility index (Phi) is 6.62. The first-order valence-electron chi connectivity index (χ1n) is 13.0. The van der Waals surface area contributed by atoms with E-state index in [9.17, 15) is 9.59 Å². The summed E-state index contributed by atoms with van der Waals surface area (Å²) in [4.78, 5) is 30.8. The van der Waals surface area contributed by atoms with Crippen LogP contribution in [0.5, 0.6) is 0 Å². The van der Waals surface area contributed by atoms with Gasteiger partial charge in [0, 0.05) is 25.7 Å². The van der Waals surface area contributed by atoms with E-state index in [1.807, 2.05) is 23.1 Å². The quantitative estimate of drug-likeness (QED) is 0.702. The Labute approximate surface area is 203 Å². The highest BCUT2D eigenvalue weighted by Gasteiger charge is 2.48. The SMILES string of the molecule is CC(C)Cc1ccc2c(c1)CCN1C(=O)[C@H]3CCCN(C(=O)NCCc4ccccc4)[C@H]3C[C@@H]21. The molecule has 0 saturated carbocycles. The number of urea groups is 1. The lowest BCUT2D eigenvalue weighted by Gasteiger charge is -2.51. The highest BCUT2D eigenvalue weighted by Crippen LogP contribution is 2.43. The summed E-state index contributed by atoms with van der Waals surface area (Å²) in [6.07, 6.45) is 5.47. The maximum absolute atomic E-state index is 13.6. The van der Waals surface area contributed by atoms with Gasteiger partial charge in [-0.05, 0) is 66.7 Å². The van der Waals surface area contributed by atoms with Gasteiger partial charge in [0.25, 0.3) is 0 Å². The number of benzene rings is 2. The Morgan fingerprint density at radius 1 is 1.09 bits per heavy atom. The second kappa shape index (κ2) is 9.81. The van der Waals surface area contributed by atoms with Crippen molar-refractivity contribution in [2.24, 2.45) is 11.8 Å². The van der Waals surface area contributed by atoms with Crippen molar-refractivity contribution in [2.75, 3.05) is 19.6 Å². The first-order valence-corrected chi connectivity index (χ1v) is 13.0. The third kappa shape index (κ3) is 4.57. The lowest BCUT2D eigenvalue weighted by atomic mass is 9.76. The molecule has 0 radical (unpaired) electrons. The average molecular weight is 460 g/mol. The first kappa shape index (κ1) is 22.9. The number of nitrogens with one attached hydrogen (secondary N) is 1. The van der Waals surface area contributed by atoms with Crippen molar-refractivity contribution in [1.29, 1.82) is 0 Å². The van der Waals surface area contributed by atoms with Crippen LogP contribution in [0.2, 0.25) is 0 Å². The van der Waals surface area contributed by atoms with Gasteiger partial charge in [0.05, 0.1) is 12.0 Å². The molecule has 34 heavy (non-hydrogen) atoms. The number of carbonyl (C=O) groups excluding carboxylic acids is 2. The van der Waals surface area contributed by atoms with E-state index in [0.29, 0.717) is 12.5 Å². The Morgan fingerprint density at radius 3 is 2.71 bits per heavy atom. The van der Waals surface area contributed by atoms with E-state index in [-0.39, 0.29) is 29.9 Å². The average Bonchev–Trinajstić information content (AvgIpc) is 2.84. The van der Waals surface area contributed by atoms with Gasteiger partial charge in [-0.25, -0.2) is 4.79 Å². The topological polar surface area (TPSA) is 52.7 Å². The molecule has 5 nitrogen and oxygen atoms in total. The molecule has 5 heteroatoms. The van der Waals surface area contributed by atoms with Crippen LogP contribution in [0.4, 0.5) is 4.79 Å². The minimum Gasteiger partial charge on any atom is -0.338 e. The maximum atomic E-state index is 13.6. The fraction of sp³-hybridized carbons (Fsp3) is 0.517. The van der Waals surface area contributed by atoms with Gasteiger partial charge in [-0.3, -0.25) is 4.79 Å². The van der Waals surface area contributed by atoms with Gasteiger partial charge in [-0.15, -0.1) is 0 Å². The molecule has 0 spiro atoms. The molecular formula is C29H37N3O2. The van der Waals surface area contributed by atoms with E-state index in [4.69, 9.17) is 0 Å². The predicted molar refractivity (Wildman–Crippen MR) is 135 cm³/mol. The Morgan fingerprint density at radius 2 is 1.91 bits per heavy atom. The second-order valence-electron chi connectivity index (χ2n) is 10.6. The zero-order valence-electron chi connectivity index (χ0n) is 20.5. The number of likely N-dealkylation sites (tertiary alicyclic amines) is 1. The summed E-state index contributed by atoms with van der Waals surface area (Å²) in [7, 11) is 0. The van der Waals surface area contributed by atoms with Crippen LogP contribution in [0, 0.1) is 11.8 Å². The van der Waals surface area contributed by atoms with Crippen LogP contribution in [0.1, 0.15) is 61.4 Å².